The van der Waals surface area contributed by atoms with Crippen LogP contribution in [0.4, 0.5) is 0 Å². The van der Waals surface area contributed by atoms with Crippen LogP contribution in [-0.2, 0) is 21.8 Å². The van der Waals surface area contributed by atoms with Gasteiger partial charge in [-0.05, 0) is 37.4 Å². The van der Waals surface area contributed by atoms with Crippen molar-refractivity contribution in [3.8, 4) is 0 Å². The molecular formula is C21H29N5O2S. The summed E-state index contributed by atoms with van der Waals surface area (Å²) in [5.74, 6) is 1.57. The number of hydrogen-bond donors (Lipinski definition) is 1. The Bertz CT molecular complexity index is 799. The number of nitrogens with one attached hydrogen (secondary N) is 1. The normalized spacial score (nSPS) is 25.8. The van der Waals surface area contributed by atoms with Gasteiger partial charge in [0.1, 0.15) is 0 Å². The first-order valence-corrected chi connectivity index (χ1v) is 11.3. The third kappa shape index (κ3) is 5.18. The molecule has 0 saturated carbocycles. The molecule has 2 aromatic rings. The molecule has 8 heteroatoms. The fraction of sp³-hybridized carbons (Fsp3) is 0.571. The van der Waals surface area contributed by atoms with Crippen LogP contribution >= 0.6 is 11.8 Å². The highest BCUT2D eigenvalue weighted by molar-refractivity contribution is 7.98. The summed E-state index contributed by atoms with van der Waals surface area (Å²) in [5, 5.41) is 11.7. The maximum atomic E-state index is 12.5. The summed E-state index contributed by atoms with van der Waals surface area (Å²) >= 11 is 1.78. The minimum Gasteiger partial charge on any atom is -0.383 e. The van der Waals surface area contributed by atoms with Crippen molar-refractivity contribution < 1.29 is 9.53 Å². The van der Waals surface area contributed by atoms with Gasteiger partial charge in [-0.25, -0.2) is 0 Å². The molecular weight excluding hydrogens is 386 g/mol. The number of thioether (sulfide) groups is 1. The van der Waals surface area contributed by atoms with Crippen molar-refractivity contribution in [3.05, 3.63) is 42.2 Å². The Kier molecular flexibility index (Phi) is 6.84. The first-order valence-electron chi connectivity index (χ1n) is 10.3. The summed E-state index contributed by atoms with van der Waals surface area (Å²) in [6.07, 6.45) is 4.22. The molecule has 3 aliphatic heterocycles. The maximum absolute atomic E-state index is 12.5. The van der Waals surface area contributed by atoms with Crippen molar-refractivity contribution >= 4 is 17.7 Å². The van der Waals surface area contributed by atoms with Gasteiger partial charge in [0.15, 0.2) is 0 Å². The average molecular weight is 416 g/mol. The van der Waals surface area contributed by atoms with Crippen molar-refractivity contribution in [1.82, 2.24) is 25.2 Å². The number of methoxy groups -OCH3 is 1. The Hall–Kier alpha value is -1.90. The van der Waals surface area contributed by atoms with Crippen LogP contribution in [-0.4, -0.2) is 65.2 Å². The first-order chi connectivity index (χ1) is 14.2. The Labute approximate surface area is 176 Å². The molecule has 0 spiro atoms. The van der Waals surface area contributed by atoms with Gasteiger partial charge in [-0.2, -0.15) is 0 Å². The smallest absolute Gasteiger partial charge is 0.224 e. The lowest BCUT2D eigenvalue weighted by molar-refractivity contribution is -0.133. The lowest BCUT2D eigenvalue weighted by Crippen LogP contribution is -2.58. The third-order valence-electron chi connectivity index (χ3n) is 5.93. The summed E-state index contributed by atoms with van der Waals surface area (Å²) in [6, 6.07) is 10.8. The molecule has 3 fully saturated rings. The molecule has 4 unspecified atom stereocenters. The van der Waals surface area contributed by atoms with Crippen molar-refractivity contribution in [2.75, 3.05) is 33.4 Å². The number of aromatic nitrogens is 3. The molecule has 0 aliphatic carbocycles. The van der Waals surface area contributed by atoms with E-state index in [1.165, 1.54) is 4.90 Å². The van der Waals surface area contributed by atoms with E-state index in [2.05, 4.69) is 51.0 Å². The number of amides is 1. The number of carbonyl (C=O) groups excluding carboxylic acids is 1. The van der Waals surface area contributed by atoms with E-state index < -0.39 is 0 Å². The van der Waals surface area contributed by atoms with Gasteiger partial charge in [-0.15, -0.1) is 16.9 Å². The minimum absolute atomic E-state index is 0.102. The van der Waals surface area contributed by atoms with E-state index in [4.69, 9.17) is 4.74 Å². The van der Waals surface area contributed by atoms with Crippen LogP contribution in [0.5, 0.6) is 0 Å². The van der Waals surface area contributed by atoms with E-state index in [1.807, 2.05) is 10.7 Å². The van der Waals surface area contributed by atoms with Crippen molar-refractivity contribution in [3.63, 3.8) is 0 Å². The van der Waals surface area contributed by atoms with E-state index >= 15 is 0 Å². The van der Waals surface area contributed by atoms with Gasteiger partial charge < -0.3 is 10.1 Å². The molecule has 4 heterocycles. The number of piperidine rings is 3. The summed E-state index contributed by atoms with van der Waals surface area (Å²) in [6.45, 7) is 3.91. The van der Waals surface area contributed by atoms with Gasteiger partial charge in [0.25, 0.3) is 0 Å². The monoisotopic (exact) mass is 415 g/mol. The van der Waals surface area contributed by atoms with Gasteiger partial charge in [0, 0.05) is 43.1 Å². The Balaban J connectivity index is 1.28. The fourth-order valence-corrected chi connectivity index (χ4v) is 5.21. The molecule has 7 nitrogen and oxygen atoms in total. The standard InChI is InChI=1S/C21H29N5O2S/c1-28-10-8-22-21(27)20-14-25-9-7-16(20)11-18(25)13-26-12-17(23-24-26)15-29-19-5-3-2-4-6-19/h2-6,12,16,18,20H,7-11,13-15H2,1H3,(H,22,27). The SMILES string of the molecule is COCCNC(=O)C1CN2CCC1CC2Cn1cc(CSc2ccccc2)nn1. The number of fused-ring (bicyclic) bond motifs is 3. The minimum atomic E-state index is 0.102. The first kappa shape index (κ1) is 20.4. The third-order valence-corrected chi connectivity index (χ3v) is 6.98. The number of carbonyl (C=O) groups is 1. The van der Waals surface area contributed by atoms with E-state index in [9.17, 15) is 4.79 Å². The highest BCUT2D eigenvalue weighted by Crippen LogP contribution is 2.37. The summed E-state index contributed by atoms with van der Waals surface area (Å²) in [5.41, 5.74) is 1.00. The number of hydrogen-bond acceptors (Lipinski definition) is 6. The van der Waals surface area contributed by atoms with Crippen LogP contribution in [0.15, 0.2) is 41.4 Å². The highest BCUT2D eigenvalue weighted by atomic mass is 32.2. The quantitative estimate of drug-likeness (QED) is 0.499. The fourth-order valence-electron chi connectivity index (χ4n) is 4.42. The molecule has 1 aromatic carbocycles. The van der Waals surface area contributed by atoms with E-state index in [-0.39, 0.29) is 11.8 Å². The van der Waals surface area contributed by atoms with Crippen molar-refractivity contribution in [1.29, 1.82) is 0 Å². The van der Waals surface area contributed by atoms with Gasteiger partial charge >= 0.3 is 0 Å². The second kappa shape index (κ2) is 9.73. The zero-order valence-electron chi connectivity index (χ0n) is 16.9. The van der Waals surface area contributed by atoms with E-state index in [1.54, 1.807) is 18.9 Å². The van der Waals surface area contributed by atoms with Crippen LogP contribution in [0, 0.1) is 11.8 Å². The molecule has 4 atom stereocenters. The Morgan fingerprint density at radius 3 is 2.97 bits per heavy atom. The average Bonchev–Trinajstić information content (AvgIpc) is 3.21. The number of benzene rings is 1. The molecule has 5 rings (SSSR count). The maximum Gasteiger partial charge on any atom is 0.224 e. The number of rotatable bonds is 9. The molecule has 2 bridgehead atoms. The lowest BCUT2D eigenvalue weighted by Gasteiger charge is -2.49. The zero-order valence-corrected chi connectivity index (χ0v) is 17.7. The van der Waals surface area contributed by atoms with Gasteiger partial charge in [-0.3, -0.25) is 14.4 Å². The number of nitrogens with zero attached hydrogens (tertiary/aromatic N) is 4. The second-order valence-electron chi connectivity index (χ2n) is 7.86. The Morgan fingerprint density at radius 2 is 2.21 bits per heavy atom. The molecule has 1 N–H and O–H groups in total. The summed E-state index contributed by atoms with van der Waals surface area (Å²) < 4.78 is 7.00. The molecule has 1 aromatic heterocycles. The molecule has 1 amide bonds. The predicted molar refractivity (Wildman–Crippen MR) is 112 cm³/mol. The lowest BCUT2D eigenvalue weighted by atomic mass is 9.75. The molecule has 3 saturated heterocycles. The van der Waals surface area contributed by atoms with Crippen LogP contribution in [0.3, 0.4) is 0 Å². The summed E-state index contributed by atoms with van der Waals surface area (Å²) in [7, 11) is 1.65. The molecule has 3 aliphatic rings. The molecule has 0 radical (unpaired) electrons. The molecule has 156 valence electrons. The second-order valence-corrected chi connectivity index (χ2v) is 8.91. The topological polar surface area (TPSA) is 72.3 Å². The van der Waals surface area contributed by atoms with Crippen LogP contribution in [0.2, 0.25) is 0 Å². The van der Waals surface area contributed by atoms with Crippen molar-refractivity contribution in [2.45, 2.75) is 36.1 Å². The van der Waals surface area contributed by atoms with E-state index in [0.29, 0.717) is 25.1 Å². The highest BCUT2D eigenvalue weighted by Gasteiger charge is 2.43. The Morgan fingerprint density at radius 1 is 1.34 bits per heavy atom. The van der Waals surface area contributed by atoms with Crippen LogP contribution in [0.25, 0.3) is 0 Å². The largest absolute Gasteiger partial charge is 0.383 e. The van der Waals surface area contributed by atoms with E-state index in [0.717, 1.165) is 43.9 Å². The zero-order chi connectivity index (χ0) is 20.1. The predicted octanol–water partition coefficient (Wildman–Crippen LogP) is 2.04. The van der Waals surface area contributed by atoms with Crippen LogP contribution in [0.1, 0.15) is 18.5 Å². The van der Waals surface area contributed by atoms with Gasteiger partial charge in [0.05, 0.1) is 24.8 Å². The van der Waals surface area contributed by atoms with Crippen LogP contribution < -0.4 is 5.32 Å². The summed E-state index contributed by atoms with van der Waals surface area (Å²) in [4.78, 5) is 16.2. The van der Waals surface area contributed by atoms with Gasteiger partial charge in [0.2, 0.25) is 5.91 Å². The molecule has 29 heavy (non-hydrogen) atoms. The van der Waals surface area contributed by atoms with Gasteiger partial charge in [-0.1, -0.05) is 23.4 Å². The number of ether oxygens (including phenoxy) is 1. The van der Waals surface area contributed by atoms with Crippen molar-refractivity contribution in [2.24, 2.45) is 11.8 Å².